The molecule has 0 spiro atoms. The van der Waals surface area contributed by atoms with Crippen LogP contribution in [0.2, 0.25) is 0 Å². The lowest BCUT2D eigenvalue weighted by molar-refractivity contribution is 0.0692. The molecule has 21 heavy (non-hydrogen) atoms. The summed E-state index contributed by atoms with van der Waals surface area (Å²) >= 11 is 0.974. The van der Waals surface area contributed by atoms with Crippen LogP contribution in [0, 0.1) is 5.92 Å². The van der Waals surface area contributed by atoms with Crippen LogP contribution in [0.3, 0.4) is 0 Å². The van der Waals surface area contributed by atoms with E-state index in [1.54, 1.807) is 16.8 Å². The molecule has 0 aliphatic heterocycles. The number of aromatic nitrogens is 3. The van der Waals surface area contributed by atoms with Gasteiger partial charge in [0.2, 0.25) is 0 Å². The predicted octanol–water partition coefficient (Wildman–Crippen LogP) is 2.14. The van der Waals surface area contributed by atoms with E-state index in [1.807, 2.05) is 13.8 Å². The fourth-order valence-electron chi connectivity index (χ4n) is 1.76. The van der Waals surface area contributed by atoms with Crippen LogP contribution in [0.5, 0.6) is 0 Å². The highest BCUT2D eigenvalue weighted by Crippen LogP contribution is 2.24. The van der Waals surface area contributed by atoms with E-state index in [4.69, 9.17) is 5.11 Å². The molecule has 0 saturated carbocycles. The van der Waals surface area contributed by atoms with Gasteiger partial charge in [-0.3, -0.25) is 4.79 Å². The van der Waals surface area contributed by atoms with Gasteiger partial charge in [-0.1, -0.05) is 13.8 Å². The number of hydrogen-bond acceptors (Lipinski definition) is 5. The maximum Gasteiger partial charge on any atom is 0.338 e. The highest BCUT2D eigenvalue weighted by atomic mass is 32.2. The van der Waals surface area contributed by atoms with Gasteiger partial charge in [-0.25, -0.2) is 14.8 Å². The number of carboxylic acids is 1. The number of rotatable bonds is 5. The normalized spacial score (nSPS) is 10.8. The minimum atomic E-state index is -1.08. The molecule has 2 rings (SSSR count). The second-order valence-corrected chi connectivity index (χ2v) is 5.82. The number of hydrogen-bond donors (Lipinski definition) is 1. The lowest BCUT2D eigenvalue weighted by Crippen LogP contribution is -2.24. The van der Waals surface area contributed by atoms with Gasteiger partial charge in [0.1, 0.15) is 5.03 Å². The minimum absolute atomic E-state index is 0.0583. The van der Waals surface area contributed by atoms with Gasteiger partial charge in [-0.2, -0.15) is 0 Å². The van der Waals surface area contributed by atoms with Crippen molar-refractivity contribution in [2.24, 2.45) is 5.92 Å². The molecule has 7 heteroatoms. The molecule has 0 aliphatic carbocycles. The van der Waals surface area contributed by atoms with E-state index in [0.29, 0.717) is 12.5 Å². The number of pyridine rings is 1. The lowest BCUT2D eigenvalue weighted by atomic mass is 10.2. The molecule has 110 valence electrons. The van der Waals surface area contributed by atoms with Crippen LogP contribution in [-0.2, 0) is 6.54 Å². The molecule has 2 aromatic heterocycles. The van der Waals surface area contributed by atoms with Gasteiger partial charge < -0.3 is 9.67 Å². The topological polar surface area (TPSA) is 85.1 Å². The third-order valence-electron chi connectivity index (χ3n) is 2.64. The van der Waals surface area contributed by atoms with Gasteiger partial charge in [-0.05, 0) is 29.8 Å². The van der Waals surface area contributed by atoms with Crippen LogP contribution in [0.4, 0.5) is 0 Å². The molecule has 0 unspecified atom stereocenters. The van der Waals surface area contributed by atoms with Gasteiger partial charge >= 0.3 is 5.97 Å². The molecule has 0 amide bonds. The Morgan fingerprint density at radius 1 is 1.33 bits per heavy atom. The largest absolute Gasteiger partial charge is 0.478 e. The zero-order chi connectivity index (χ0) is 15.4. The summed E-state index contributed by atoms with van der Waals surface area (Å²) in [5, 5.41) is 9.61. The Morgan fingerprint density at radius 2 is 2.05 bits per heavy atom. The molecule has 0 aromatic carbocycles. The molecule has 6 nitrogen and oxygen atoms in total. The molecule has 0 atom stereocenters. The van der Waals surface area contributed by atoms with Crippen LogP contribution in [-0.4, -0.2) is 25.6 Å². The summed E-state index contributed by atoms with van der Waals surface area (Å²) in [5.74, 6) is -0.753. The van der Waals surface area contributed by atoms with Crippen molar-refractivity contribution in [2.75, 3.05) is 0 Å². The maximum absolute atomic E-state index is 12.3. The molecule has 2 aromatic rings. The van der Waals surface area contributed by atoms with Crippen molar-refractivity contribution in [1.29, 1.82) is 0 Å². The SMILES string of the molecule is CC(C)Cn1ccnc(Sc2ncccc2C(=O)O)c1=O. The summed E-state index contributed by atoms with van der Waals surface area (Å²) in [6, 6.07) is 3.00. The van der Waals surface area contributed by atoms with E-state index < -0.39 is 5.97 Å². The highest BCUT2D eigenvalue weighted by molar-refractivity contribution is 7.99. The van der Waals surface area contributed by atoms with Crippen molar-refractivity contribution in [3.05, 3.63) is 46.6 Å². The molecule has 1 N–H and O–H groups in total. The molecule has 0 radical (unpaired) electrons. The van der Waals surface area contributed by atoms with E-state index in [0.717, 1.165) is 11.8 Å². The van der Waals surface area contributed by atoms with Crippen LogP contribution in [0.15, 0.2) is 45.6 Å². The number of aromatic carboxylic acids is 1. The van der Waals surface area contributed by atoms with E-state index >= 15 is 0 Å². The Balaban J connectivity index is 2.37. The van der Waals surface area contributed by atoms with Crippen LogP contribution < -0.4 is 5.56 Å². The van der Waals surface area contributed by atoms with Crippen molar-refractivity contribution in [3.63, 3.8) is 0 Å². The second kappa shape index (κ2) is 6.53. The van der Waals surface area contributed by atoms with E-state index in [2.05, 4.69) is 9.97 Å². The Labute approximate surface area is 125 Å². The van der Waals surface area contributed by atoms with E-state index in [-0.39, 0.29) is 21.2 Å². The lowest BCUT2D eigenvalue weighted by Gasteiger charge is -2.09. The molecule has 2 heterocycles. The average molecular weight is 305 g/mol. The van der Waals surface area contributed by atoms with Crippen molar-refractivity contribution < 1.29 is 9.90 Å². The Hall–Kier alpha value is -2.15. The van der Waals surface area contributed by atoms with Crippen LogP contribution in [0.25, 0.3) is 0 Å². The van der Waals surface area contributed by atoms with Crippen molar-refractivity contribution in [2.45, 2.75) is 30.4 Å². The van der Waals surface area contributed by atoms with Crippen molar-refractivity contribution in [3.8, 4) is 0 Å². The Morgan fingerprint density at radius 3 is 2.71 bits per heavy atom. The smallest absolute Gasteiger partial charge is 0.338 e. The first kappa shape index (κ1) is 15.2. The zero-order valence-corrected chi connectivity index (χ0v) is 12.5. The first-order valence-corrected chi connectivity index (χ1v) is 7.22. The molecule has 0 aliphatic rings. The second-order valence-electron chi connectivity index (χ2n) is 4.85. The first-order valence-electron chi connectivity index (χ1n) is 6.40. The summed E-state index contributed by atoms with van der Waals surface area (Å²) in [5.41, 5.74) is -0.179. The van der Waals surface area contributed by atoms with E-state index in [1.165, 1.54) is 18.5 Å². The van der Waals surface area contributed by atoms with E-state index in [9.17, 15) is 9.59 Å². The number of nitrogens with zero attached hydrogens (tertiary/aromatic N) is 3. The summed E-state index contributed by atoms with van der Waals surface area (Å²) in [6.07, 6.45) is 4.66. The fourth-order valence-corrected chi connectivity index (χ4v) is 2.64. The fraction of sp³-hybridized carbons (Fsp3) is 0.286. The van der Waals surface area contributed by atoms with Gasteiger partial charge in [0.05, 0.1) is 5.56 Å². The van der Waals surface area contributed by atoms with Gasteiger partial charge in [0.15, 0.2) is 5.03 Å². The zero-order valence-electron chi connectivity index (χ0n) is 11.7. The van der Waals surface area contributed by atoms with Crippen LogP contribution >= 0.6 is 11.8 Å². The third-order valence-corrected chi connectivity index (χ3v) is 3.63. The van der Waals surface area contributed by atoms with Crippen molar-refractivity contribution >= 4 is 17.7 Å². The van der Waals surface area contributed by atoms with Gasteiger partial charge in [0.25, 0.3) is 5.56 Å². The summed E-state index contributed by atoms with van der Waals surface area (Å²) in [4.78, 5) is 31.5. The standard InChI is InChI=1S/C14H15N3O3S/c1-9(2)8-17-7-6-16-12(13(17)18)21-11-10(14(19)20)4-3-5-15-11/h3-7,9H,8H2,1-2H3,(H,19,20). The molecule has 0 bridgehead atoms. The monoisotopic (exact) mass is 305 g/mol. The summed E-state index contributed by atoms with van der Waals surface area (Å²) in [7, 11) is 0. The number of carboxylic acid groups (broad SMARTS) is 1. The maximum atomic E-state index is 12.3. The third kappa shape index (κ3) is 3.69. The number of carbonyl (C=O) groups is 1. The average Bonchev–Trinajstić information content (AvgIpc) is 2.43. The molecular weight excluding hydrogens is 290 g/mol. The van der Waals surface area contributed by atoms with Gasteiger partial charge in [-0.15, -0.1) is 0 Å². The predicted molar refractivity (Wildman–Crippen MR) is 78.7 cm³/mol. The van der Waals surface area contributed by atoms with Crippen LogP contribution in [0.1, 0.15) is 24.2 Å². The first-order chi connectivity index (χ1) is 9.99. The quantitative estimate of drug-likeness (QED) is 0.911. The molecular formula is C14H15N3O3S. The van der Waals surface area contributed by atoms with Crippen molar-refractivity contribution in [1.82, 2.24) is 14.5 Å². The summed E-state index contributed by atoms with van der Waals surface area (Å²) < 4.78 is 1.57. The minimum Gasteiger partial charge on any atom is -0.478 e. The summed E-state index contributed by atoms with van der Waals surface area (Å²) in [6.45, 7) is 4.62. The highest BCUT2D eigenvalue weighted by Gasteiger charge is 2.15. The molecule has 0 fully saturated rings. The Kier molecular flexibility index (Phi) is 4.74. The van der Waals surface area contributed by atoms with Gasteiger partial charge in [0, 0.05) is 25.1 Å². The molecule has 0 saturated heterocycles. The Bertz CT molecular complexity index is 713.